The standard InChI is InChI=1S/C17H28BrNO/c1-6-9-19-14(12-17(2,3)4)10-13-11-15(20-5)7-8-16(13)18/h7-8,11,14,19H,6,9-10,12H2,1-5H3. The van der Waals surface area contributed by atoms with Gasteiger partial charge < -0.3 is 10.1 Å². The predicted molar refractivity (Wildman–Crippen MR) is 90.6 cm³/mol. The number of ether oxygens (including phenoxy) is 1. The van der Waals surface area contributed by atoms with E-state index in [9.17, 15) is 0 Å². The van der Waals surface area contributed by atoms with Gasteiger partial charge in [0, 0.05) is 10.5 Å². The molecular weight excluding hydrogens is 314 g/mol. The van der Waals surface area contributed by atoms with Gasteiger partial charge in [0.25, 0.3) is 0 Å². The van der Waals surface area contributed by atoms with Gasteiger partial charge in [-0.1, -0.05) is 43.6 Å². The maximum Gasteiger partial charge on any atom is 0.119 e. The van der Waals surface area contributed by atoms with Crippen LogP contribution >= 0.6 is 15.9 Å². The van der Waals surface area contributed by atoms with Crippen molar-refractivity contribution in [3.63, 3.8) is 0 Å². The first-order chi connectivity index (χ1) is 9.35. The van der Waals surface area contributed by atoms with E-state index in [1.54, 1.807) is 7.11 Å². The van der Waals surface area contributed by atoms with Crippen molar-refractivity contribution in [2.24, 2.45) is 5.41 Å². The van der Waals surface area contributed by atoms with Gasteiger partial charge >= 0.3 is 0 Å². The molecule has 1 aromatic carbocycles. The molecule has 0 saturated carbocycles. The van der Waals surface area contributed by atoms with Crippen molar-refractivity contribution in [1.82, 2.24) is 5.32 Å². The van der Waals surface area contributed by atoms with Crippen LogP contribution in [0.15, 0.2) is 22.7 Å². The Morgan fingerprint density at radius 1 is 1.30 bits per heavy atom. The summed E-state index contributed by atoms with van der Waals surface area (Å²) in [4.78, 5) is 0. The zero-order chi connectivity index (χ0) is 15.2. The molecule has 0 heterocycles. The van der Waals surface area contributed by atoms with Gasteiger partial charge in [0.15, 0.2) is 0 Å². The Kier molecular flexibility index (Phi) is 7.04. The van der Waals surface area contributed by atoms with Gasteiger partial charge in [-0.25, -0.2) is 0 Å². The molecular formula is C17H28BrNO. The van der Waals surface area contributed by atoms with Crippen LogP contribution in [-0.2, 0) is 6.42 Å². The zero-order valence-electron chi connectivity index (χ0n) is 13.4. The quantitative estimate of drug-likeness (QED) is 0.768. The molecule has 20 heavy (non-hydrogen) atoms. The van der Waals surface area contributed by atoms with Crippen molar-refractivity contribution >= 4 is 15.9 Å². The normalized spacial score (nSPS) is 13.3. The fourth-order valence-electron chi connectivity index (χ4n) is 2.40. The summed E-state index contributed by atoms with van der Waals surface area (Å²) in [6.45, 7) is 10.2. The minimum Gasteiger partial charge on any atom is -0.497 e. The third-order valence-electron chi connectivity index (χ3n) is 3.26. The number of rotatable bonds is 7. The monoisotopic (exact) mass is 341 g/mol. The molecule has 3 heteroatoms. The highest BCUT2D eigenvalue weighted by atomic mass is 79.9. The fraction of sp³-hybridized carbons (Fsp3) is 0.647. The van der Waals surface area contributed by atoms with Crippen LogP contribution in [0.2, 0.25) is 0 Å². The fourth-order valence-corrected chi connectivity index (χ4v) is 2.81. The summed E-state index contributed by atoms with van der Waals surface area (Å²) in [7, 11) is 1.72. The van der Waals surface area contributed by atoms with E-state index in [1.165, 1.54) is 12.0 Å². The molecule has 2 nitrogen and oxygen atoms in total. The molecule has 0 spiro atoms. The highest BCUT2D eigenvalue weighted by Crippen LogP contribution is 2.27. The Balaban J connectivity index is 2.82. The lowest BCUT2D eigenvalue weighted by molar-refractivity contribution is 0.306. The third kappa shape index (κ3) is 6.27. The minimum atomic E-state index is 0.330. The SMILES string of the molecule is CCCNC(Cc1cc(OC)ccc1Br)CC(C)(C)C. The van der Waals surface area contributed by atoms with Crippen LogP contribution < -0.4 is 10.1 Å². The second kappa shape index (κ2) is 8.04. The summed E-state index contributed by atoms with van der Waals surface area (Å²) in [6, 6.07) is 6.69. The van der Waals surface area contributed by atoms with E-state index in [4.69, 9.17) is 4.74 Å². The van der Waals surface area contributed by atoms with Crippen LogP contribution in [0.5, 0.6) is 5.75 Å². The second-order valence-corrected chi connectivity index (χ2v) is 7.43. The highest BCUT2D eigenvalue weighted by molar-refractivity contribution is 9.10. The van der Waals surface area contributed by atoms with E-state index < -0.39 is 0 Å². The first-order valence-electron chi connectivity index (χ1n) is 7.41. The van der Waals surface area contributed by atoms with Crippen LogP contribution in [0.3, 0.4) is 0 Å². The number of hydrogen-bond acceptors (Lipinski definition) is 2. The molecule has 1 aromatic rings. The minimum absolute atomic E-state index is 0.330. The first-order valence-corrected chi connectivity index (χ1v) is 8.21. The molecule has 0 saturated heterocycles. The van der Waals surface area contributed by atoms with Crippen molar-refractivity contribution in [2.45, 2.75) is 53.0 Å². The molecule has 0 radical (unpaired) electrons. The van der Waals surface area contributed by atoms with Gasteiger partial charge in [-0.2, -0.15) is 0 Å². The Morgan fingerprint density at radius 3 is 2.55 bits per heavy atom. The van der Waals surface area contributed by atoms with Crippen LogP contribution in [0.1, 0.15) is 46.1 Å². The third-order valence-corrected chi connectivity index (χ3v) is 4.03. The summed E-state index contributed by atoms with van der Waals surface area (Å²) in [5.41, 5.74) is 1.64. The smallest absolute Gasteiger partial charge is 0.119 e. The lowest BCUT2D eigenvalue weighted by atomic mass is 9.86. The zero-order valence-corrected chi connectivity index (χ0v) is 15.0. The molecule has 0 aliphatic heterocycles. The van der Waals surface area contributed by atoms with E-state index in [0.717, 1.165) is 29.6 Å². The molecule has 0 aliphatic rings. The van der Waals surface area contributed by atoms with Crippen molar-refractivity contribution in [3.05, 3.63) is 28.2 Å². The molecule has 1 rings (SSSR count). The lowest BCUT2D eigenvalue weighted by Crippen LogP contribution is -2.35. The summed E-state index contributed by atoms with van der Waals surface area (Å²) in [5, 5.41) is 3.68. The van der Waals surface area contributed by atoms with Crippen LogP contribution in [-0.4, -0.2) is 19.7 Å². The van der Waals surface area contributed by atoms with Crippen molar-refractivity contribution in [2.75, 3.05) is 13.7 Å². The van der Waals surface area contributed by atoms with E-state index in [1.807, 2.05) is 6.07 Å². The van der Waals surface area contributed by atoms with Gasteiger partial charge in [0.1, 0.15) is 5.75 Å². The summed E-state index contributed by atoms with van der Waals surface area (Å²) in [6.07, 6.45) is 3.35. The largest absolute Gasteiger partial charge is 0.497 e. The summed E-state index contributed by atoms with van der Waals surface area (Å²) < 4.78 is 6.49. The van der Waals surface area contributed by atoms with Crippen molar-refractivity contribution in [1.29, 1.82) is 0 Å². The predicted octanol–water partition coefficient (Wildman–Crippen LogP) is 4.80. The van der Waals surface area contributed by atoms with Gasteiger partial charge in [-0.3, -0.25) is 0 Å². The first kappa shape index (κ1) is 17.5. The number of benzene rings is 1. The Morgan fingerprint density at radius 2 is 2.00 bits per heavy atom. The van der Waals surface area contributed by atoms with Crippen molar-refractivity contribution < 1.29 is 4.74 Å². The maximum absolute atomic E-state index is 5.33. The number of hydrogen-bond donors (Lipinski definition) is 1. The van der Waals surface area contributed by atoms with E-state index in [-0.39, 0.29) is 0 Å². The van der Waals surface area contributed by atoms with Crippen LogP contribution in [0.4, 0.5) is 0 Å². The maximum atomic E-state index is 5.33. The van der Waals surface area contributed by atoms with Crippen molar-refractivity contribution in [3.8, 4) is 5.75 Å². The molecule has 0 bridgehead atoms. The Hall–Kier alpha value is -0.540. The number of nitrogens with one attached hydrogen (secondary N) is 1. The molecule has 0 aliphatic carbocycles. The molecule has 1 N–H and O–H groups in total. The van der Waals surface area contributed by atoms with Gasteiger partial charge in [0.2, 0.25) is 0 Å². The molecule has 0 amide bonds. The summed E-state index contributed by atoms with van der Waals surface area (Å²) >= 11 is 3.65. The molecule has 0 fully saturated rings. The second-order valence-electron chi connectivity index (χ2n) is 6.58. The van der Waals surface area contributed by atoms with Gasteiger partial charge in [-0.05, 0) is 55.0 Å². The van der Waals surface area contributed by atoms with Gasteiger partial charge in [-0.15, -0.1) is 0 Å². The van der Waals surface area contributed by atoms with E-state index >= 15 is 0 Å². The molecule has 114 valence electrons. The Bertz CT molecular complexity index is 412. The topological polar surface area (TPSA) is 21.3 Å². The summed E-state index contributed by atoms with van der Waals surface area (Å²) in [5.74, 6) is 0.924. The van der Waals surface area contributed by atoms with E-state index in [0.29, 0.717) is 11.5 Å². The Labute approximate surface area is 132 Å². The van der Waals surface area contributed by atoms with Crippen LogP contribution in [0, 0.1) is 5.41 Å². The van der Waals surface area contributed by atoms with Gasteiger partial charge in [0.05, 0.1) is 7.11 Å². The highest BCUT2D eigenvalue weighted by Gasteiger charge is 2.19. The average molecular weight is 342 g/mol. The molecule has 1 unspecified atom stereocenters. The lowest BCUT2D eigenvalue weighted by Gasteiger charge is -2.27. The number of methoxy groups -OCH3 is 1. The van der Waals surface area contributed by atoms with Crippen LogP contribution in [0.25, 0.3) is 0 Å². The molecule has 1 atom stereocenters. The van der Waals surface area contributed by atoms with E-state index in [2.05, 4.69) is 61.1 Å². The average Bonchev–Trinajstić information content (AvgIpc) is 2.36. The number of halogens is 1. The molecule has 0 aromatic heterocycles.